The van der Waals surface area contributed by atoms with Crippen molar-refractivity contribution in [3.05, 3.63) is 0 Å². The zero-order valence-corrected chi connectivity index (χ0v) is 45.2. The average Bonchev–Trinajstić information content (AvgIpc) is 2.89. The van der Waals surface area contributed by atoms with Crippen molar-refractivity contribution in [2.24, 2.45) is 0 Å². The number of hydrogen-bond acceptors (Lipinski definition) is 11. The molecule has 1 saturated heterocycles. The Morgan fingerprint density at radius 3 is 1.41 bits per heavy atom. The molecule has 1 aliphatic rings. The van der Waals surface area contributed by atoms with Crippen LogP contribution in [0, 0.1) is 0 Å². The van der Waals surface area contributed by atoms with Gasteiger partial charge in [-0.05, 0) is 137 Å². The monoisotopic (exact) mass is 887 g/mol. The highest BCUT2D eigenvalue weighted by atomic mass is 28.4. The van der Waals surface area contributed by atoms with E-state index in [1.165, 1.54) is 6.92 Å². The van der Waals surface area contributed by atoms with Crippen LogP contribution in [-0.2, 0) is 50.0 Å². The van der Waals surface area contributed by atoms with E-state index in [2.05, 4.69) is 143 Å². The van der Waals surface area contributed by atoms with Crippen molar-refractivity contribution in [3.8, 4) is 0 Å². The minimum Gasteiger partial charge on any atom is -0.415 e. The van der Waals surface area contributed by atoms with E-state index in [0.717, 1.165) is 6.29 Å². The van der Waals surface area contributed by atoms with E-state index in [4.69, 9.17) is 40.5 Å². The van der Waals surface area contributed by atoms with Crippen molar-refractivity contribution in [2.75, 3.05) is 13.2 Å². The summed E-state index contributed by atoms with van der Waals surface area (Å²) in [6, 6.07) is -0.964. The molecule has 0 aromatic carbocycles. The van der Waals surface area contributed by atoms with Gasteiger partial charge in [0.05, 0.1) is 31.5 Å². The molecule has 9 unspecified atom stereocenters. The summed E-state index contributed by atoms with van der Waals surface area (Å²) in [5.41, 5.74) is 0. The molecule has 9 atom stereocenters. The second-order valence-electron chi connectivity index (χ2n) is 21.4. The SMILES string of the molecule is CC(=O)NC(C=O)C(O[Si](C)(C)C)C(O[Si](C)(C)C)C(COC1OC(CO[Si](C)(C)C)C(O[Si](C)(C)C)C(O[Si](C)(C)C)C1O[Si](C)(C)C)O[Si](C)(C)C. The maximum Gasteiger partial charge on any atom is 0.217 e. The fourth-order valence-corrected chi connectivity index (χ4v) is 13.1. The van der Waals surface area contributed by atoms with E-state index in [1.807, 2.05) is 0 Å². The van der Waals surface area contributed by atoms with Crippen LogP contribution in [0.3, 0.4) is 0 Å². The number of rotatable bonds is 23. The highest BCUT2D eigenvalue weighted by molar-refractivity contribution is 6.72. The van der Waals surface area contributed by atoms with Gasteiger partial charge in [-0.1, -0.05) is 0 Å². The quantitative estimate of drug-likeness (QED) is 0.0805. The molecule has 1 amide bonds. The molecule has 19 heteroatoms. The van der Waals surface area contributed by atoms with E-state index >= 15 is 0 Å². The van der Waals surface area contributed by atoms with Gasteiger partial charge in [0.15, 0.2) is 64.5 Å². The molecule has 12 nitrogen and oxygen atoms in total. The molecule has 0 aromatic rings. The fourth-order valence-electron chi connectivity index (χ4n) is 5.89. The summed E-state index contributed by atoms with van der Waals surface area (Å²) >= 11 is 0. The second kappa shape index (κ2) is 20.0. The van der Waals surface area contributed by atoms with Gasteiger partial charge >= 0.3 is 0 Å². The molecule has 0 radical (unpaired) electrons. The maximum atomic E-state index is 12.7. The van der Waals surface area contributed by atoms with Crippen LogP contribution in [0.4, 0.5) is 0 Å². The van der Waals surface area contributed by atoms with Crippen molar-refractivity contribution in [3.63, 3.8) is 0 Å². The Balaban J connectivity index is 4.00. The molecule has 1 heterocycles. The summed E-state index contributed by atoms with van der Waals surface area (Å²) in [5, 5.41) is 2.82. The van der Waals surface area contributed by atoms with Gasteiger partial charge in [0.1, 0.15) is 36.7 Å². The lowest BCUT2D eigenvalue weighted by Gasteiger charge is -2.51. The predicted molar refractivity (Wildman–Crippen MR) is 237 cm³/mol. The zero-order chi connectivity index (χ0) is 42.5. The van der Waals surface area contributed by atoms with Crippen LogP contribution in [0.5, 0.6) is 0 Å². The van der Waals surface area contributed by atoms with E-state index in [1.54, 1.807) is 0 Å². The minimum atomic E-state index is -2.32. The Morgan fingerprint density at radius 2 is 1.02 bits per heavy atom. The van der Waals surface area contributed by atoms with Gasteiger partial charge in [0.25, 0.3) is 0 Å². The molecule has 54 heavy (non-hydrogen) atoms. The first-order valence-electron chi connectivity index (χ1n) is 19.6. The molecule has 0 aromatic heterocycles. The number of aldehydes is 1. The zero-order valence-electron chi connectivity index (χ0n) is 38.2. The molecule has 0 saturated carbocycles. The molecule has 1 aliphatic heterocycles. The molecule has 0 bridgehead atoms. The Morgan fingerprint density at radius 1 is 0.593 bits per heavy atom. The normalized spacial score (nSPS) is 24.8. The Labute approximate surface area is 337 Å². The second-order valence-corrected chi connectivity index (χ2v) is 52.7. The van der Waals surface area contributed by atoms with Crippen molar-refractivity contribution in [1.82, 2.24) is 5.32 Å². The summed E-state index contributed by atoms with van der Waals surface area (Å²) in [6.45, 7) is 46.6. The standard InChI is InChI=1S/C35H81NO11Si7/c1-26(38)36-27(23-37)30(43-50(8,9)10)32(45-52(14,15)16)29(42-49(5,6)7)24-39-35-34(47-54(20,21)22)33(46-53(17,18)19)31(44-51(11,12)13)28(41-35)25-40-48(2,3)4/h23,27-35H,24-25H2,1-22H3,(H,36,38). The molecule has 1 fully saturated rings. The highest BCUT2D eigenvalue weighted by Gasteiger charge is 2.53. The Bertz CT molecular complexity index is 1170. The van der Waals surface area contributed by atoms with Crippen LogP contribution >= 0.6 is 0 Å². The lowest BCUT2D eigenvalue weighted by atomic mass is 9.99. The summed E-state index contributed by atoms with van der Waals surface area (Å²) < 4.78 is 62.1. The van der Waals surface area contributed by atoms with Gasteiger partial charge in [-0.2, -0.15) is 0 Å². The molecule has 320 valence electrons. The molecule has 0 spiro atoms. The number of amides is 1. The number of ether oxygens (including phenoxy) is 2. The van der Waals surface area contributed by atoms with E-state index in [-0.39, 0.29) is 12.5 Å². The topological polar surface area (TPSA) is 129 Å². The van der Waals surface area contributed by atoms with Gasteiger partial charge in [-0.25, -0.2) is 0 Å². The van der Waals surface area contributed by atoms with Gasteiger partial charge < -0.3 is 50.6 Å². The third kappa shape index (κ3) is 21.9. The van der Waals surface area contributed by atoms with E-state index in [9.17, 15) is 9.59 Å². The first-order valence-corrected chi connectivity index (χ1v) is 43.4. The van der Waals surface area contributed by atoms with Crippen LogP contribution in [0.1, 0.15) is 6.92 Å². The smallest absolute Gasteiger partial charge is 0.217 e. The molecular weight excluding hydrogens is 807 g/mol. The van der Waals surface area contributed by atoms with Gasteiger partial charge in [0.2, 0.25) is 5.91 Å². The van der Waals surface area contributed by atoms with Crippen molar-refractivity contribution in [2.45, 2.75) is 199 Å². The van der Waals surface area contributed by atoms with E-state index < -0.39 is 113 Å². The fraction of sp³-hybridized carbons (Fsp3) is 0.943. The summed E-state index contributed by atoms with van der Waals surface area (Å²) in [6.07, 6.45) is -4.37. The Kier molecular flexibility index (Phi) is 19.4. The molecular formula is C35H81NO11Si7. The molecule has 0 aliphatic carbocycles. The number of nitrogens with one attached hydrogen (secondary N) is 1. The number of carbonyl (C=O) groups excluding carboxylic acids is 2. The molecule has 1 rings (SSSR count). The average molecular weight is 889 g/mol. The summed E-state index contributed by atoms with van der Waals surface area (Å²) in [7, 11) is -15.4. The lowest BCUT2D eigenvalue weighted by Crippen LogP contribution is -2.67. The largest absolute Gasteiger partial charge is 0.415 e. The van der Waals surface area contributed by atoms with Crippen molar-refractivity contribution < 1.29 is 50.0 Å². The first-order chi connectivity index (χ1) is 23.9. The van der Waals surface area contributed by atoms with Crippen LogP contribution < -0.4 is 5.32 Å². The van der Waals surface area contributed by atoms with Crippen LogP contribution in [0.25, 0.3) is 0 Å². The highest BCUT2D eigenvalue weighted by Crippen LogP contribution is 2.35. The van der Waals surface area contributed by atoms with Crippen LogP contribution in [0.15, 0.2) is 0 Å². The van der Waals surface area contributed by atoms with Crippen LogP contribution in [-0.4, -0.2) is 139 Å². The third-order valence-electron chi connectivity index (χ3n) is 7.21. The summed E-state index contributed by atoms with van der Waals surface area (Å²) in [5.74, 6) is -0.334. The van der Waals surface area contributed by atoms with Crippen LogP contribution in [0.2, 0.25) is 137 Å². The van der Waals surface area contributed by atoms with Crippen molar-refractivity contribution in [1.29, 1.82) is 0 Å². The predicted octanol–water partition coefficient (Wildman–Crippen LogP) is 7.60. The van der Waals surface area contributed by atoms with E-state index in [0.29, 0.717) is 6.61 Å². The first kappa shape index (κ1) is 52.3. The van der Waals surface area contributed by atoms with Crippen molar-refractivity contribution >= 4 is 70.4 Å². The number of carbonyl (C=O) groups is 2. The minimum absolute atomic E-state index is 0.0493. The van der Waals surface area contributed by atoms with Gasteiger partial charge in [0, 0.05) is 6.92 Å². The maximum absolute atomic E-state index is 12.7. The Hall–Kier alpha value is 0.298. The third-order valence-corrected chi connectivity index (χ3v) is 14.1. The number of hydrogen-bond donors (Lipinski definition) is 1. The lowest BCUT2D eigenvalue weighted by molar-refractivity contribution is -0.295. The summed E-state index contributed by atoms with van der Waals surface area (Å²) in [4.78, 5) is 25.1. The van der Waals surface area contributed by atoms with Gasteiger partial charge in [-0.3, -0.25) is 4.79 Å². The molecule has 1 N–H and O–H groups in total. The van der Waals surface area contributed by atoms with Gasteiger partial charge in [-0.15, -0.1) is 0 Å².